The van der Waals surface area contributed by atoms with E-state index in [2.05, 4.69) is 14.6 Å². The van der Waals surface area contributed by atoms with Gasteiger partial charge in [0.05, 0.1) is 23.7 Å². The molecule has 0 atom stereocenters. The second kappa shape index (κ2) is 10.7. The van der Waals surface area contributed by atoms with Crippen LogP contribution in [0, 0.1) is 12.3 Å². The molecular weight excluding hydrogens is 570 g/mol. The maximum Gasteiger partial charge on any atom is 0.251 e. The zero-order valence-electron chi connectivity index (χ0n) is 22.9. The molecule has 4 heterocycles. The van der Waals surface area contributed by atoms with E-state index in [-0.39, 0.29) is 31.7 Å². The average Bonchev–Trinajstić information content (AvgIpc) is 3.48. The standard InChI is InChI=1S/C28H34F2N6O3S2/c1-19-16-22(33-26(31-19)36-12-8-28(29,30)9-13-36)25-32-23(18-40-25)21-3-2-20(34-41(38,39)15-14-37)17-24(21)35-10-6-27(4-5-27)7-11-35/h2-3,16-18,34,37H,4-15H2,1H3. The maximum atomic E-state index is 13.7. The van der Waals surface area contributed by atoms with Crippen LogP contribution in [0.5, 0.6) is 0 Å². The number of alkyl halides is 2. The van der Waals surface area contributed by atoms with Crippen molar-refractivity contribution in [1.29, 1.82) is 0 Å². The zero-order valence-corrected chi connectivity index (χ0v) is 24.6. The van der Waals surface area contributed by atoms with Gasteiger partial charge in [-0.25, -0.2) is 32.2 Å². The van der Waals surface area contributed by atoms with E-state index in [4.69, 9.17) is 15.1 Å². The van der Waals surface area contributed by atoms with Crippen molar-refractivity contribution in [1.82, 2.24) is 15.0 Å². The van der Waals surface area contributed by atoms with Gasteiger partial charge in [-0.2, -0.15) is 0 Å². The summed E-state index contributed by atoms with van der Waals surface area (Å²) in [7, 11) is -3.67. The zero-order chi connectivity index (χ0) is 28.8. The number of benzene rings is 1. The van der Waals surface area contributed by atoms with E-state index in [0.717, 1.165) is 48.6 Å². The normalized spacial score (nSPS) is 19.9. The molecule has 0 bridgehead atoms. The number of aliphatic hydroxyl groups is 1. The number of anilines is 3. The first-order valence-corrected chi connectivity index (χ1v) is 16.5. The van der Waals surface area contributed by atoms with E-state index in [0.29, 0.717) is 27.8 Å². The van der Waals surface area contributed by atoms with Crippen molar-refractivity contribution in [2.24, 2.45) is 5.41 Å². The summed E-state index contributed by atoms with van der Waals surface area (Å²) in [5, 5.41) is 11.8. The summed E-state index contributed by atoms with van der Waals surface area (Å²) in [5.74, 6) is -2.58. The quantitative estimate of drug-likeness (QED) is 0.373. The van der Waals surface area contributed by atoms with Gasteiger partial charge in [-0.05, 0) is 62.3 Å². The summed E-state index contributed by atoms with van der Waals surface area (Å²) in [6, 6.07) is 7.31. The highest BCUT2D eigenvalue weighted by molar-refractivity contribution is 7.92. The molecule has 41 heavy (non-hydrogen) atoms. The number of sulfonamides is 1. The molecule has 2 aliphatic heterocycles. The number of aromatic nitrogens is 3. The molecule has 6 rings (SSSR count). The van der Waals surface area contributed by atoms with Gasteiger partial charge in [-0.3, -0.25) is 4.72 Å². The highest BCUT2D eigenvalue weighted by Gasteiger charge is 2.44. The minimum Gasteiger partial charge on any atom is -0.395 e. The van der Waals surface area contributed by atoms with Gasteiger partial charge in [0.2, 0.25) is 16.0 Å². The Morgan fingerprint density at radius 2 is 1.66 bits per heavy atom. The fourth-order valence-electron chi connectivity index (χ4n) is 5.68. The number of thiazole rings is 1. The smallest absolute Gasteiger partial charge is 0.251 e. The van der Waals surface area contributed by atoms with E-state index in [9.17, 15) is 17.2 Å². The molecule has 1 spiro atoms. The molecule has 3 fully saturated rings. The van der Waals surface area contributed by atoms with Crippen LogP contribution < -0.4 is 14.5 Å². The third kappa shape index (κ3) is 6.31. The Bertz CT molecular complexity index is 1520. The van der Waals surface area contributed by atoms with Crippen LogP contribution in [-0.4, -0.2) is 72.9 Å². The Kier molecular flexibility index (Phi) is 7.39. The van der Waals surface area contributed by atoms with Gasteiger partial charge < -0.3 is 14.9 Å². The molecule has 0 amide bonds. The number of hydrogen-bond donors (Lipinski definition) is 2. The van der Waals surface area contributed by atoms with Crippen LogP contribution in [0.25, 0.3) is 22.0 Å². The Hall–Kier alpha value is -2.90. The molecule has 3 aromatic rings. The third-order valence-corrected chi connectivity index (χ3v) is 10.5. The van der Waals surface area contributed by atoms with Crippen LogP contribution in [0.2, 0.25) is 0 Å². The van der Waals surface area contributed by atoms with Crippen LogP contribution in [-0.2, 0) is 10.0 Å². The minimum absolute atomic E-state index is 0.202. The largest absolute Gasteiger partial charge is 0.395 e. The monoisotopic (exact) mass is 604 g/mol. The van der Waals surface area contributed by atoms with Crippen molar-refractivity contribution in [2.45, 2.75) is 51.4 Å². The number of aliphatic hydroxyl groups excluding tert-OH is 1. The minimum atomic E-state index is -3.67. The Labute approximate surface area is 242 Å². The van der Waals surface area contributed by atoms with Crippen molar-refractivity contribution in [3.63, 3.8) is 0 Å². The molecule has 0 radical (unpaired) electrons. The number of nitrogens with zero attached hydrogens (tertiary/aromatic N) is 5. The first-order valence-electron chi connectivity index (χ1n) is 14.0. The third-order valence-electron chi connectivity index (χ3n) is 8.37. The molecule has 9 nitrogen and oxygen atoms in total. The summed E-state index contributed by atoms with van der Waals surface area (Å²) in [4.78, 5) is 18.2. The number of nitrogens with one attached hydrogen (secondary N) is 1. The van der Waals surface area contributed by atoms with E-state index in [1.165, 1.54) is 24.2 Å². The van der Waals surface area contributed by atoms with Crippen LogP contribution >= 0.6 is 11.3 Å². The Balaban J connectivity index is 1.30. The summed E-state index contributed by atoms with van der Waals surface area (Å²) >= 11 is 1.45. The van der Waals surface area contributed by atoms with Crippen LogP contribution in [0.15, 0.2) is 29.6 Å². The van der Waals surface area contributed by atoms with Crippen LogP contribution in [0.1, 0.15) is 44.2 Å². The summed E-state index contributed by atoms with van der Waals surface area (Å²) < 4.78 is 54.7. The van der Waals surface area contributed by atoms with Crippen molar-refractivity contribution < 1.29 is 22.3 Å². The van der Waals surface area contributed by atoms with Gasteiger partial charge in [0, 0.05) is 61.3 Å². The first-order chi connectivity index (χ1) is 19.5. The van der Waals surface area contributed by atoms with Gasteiger partial charge in [-0.1, -0.05) is 0 Å². The lowest BCUT2D eigenvalue weighted by molar-refractivity contribution is -0.0222. The topological polar surface area (TPSA) is 112 Å². The molecular formula is C28H34F2N6O3S2. The molecule has 0 unspecified atom stereocenters. The van der Waals surface area contributed by atoms with Crippen LogP contribution in [0.4, 0.5) is 26.1 Å². The second-order valence-electron chi connectivity index (χ2n) is 11.4. The predicted molar refractivity (Wildman–Crippen MR) is 157 cm³/mol. The van der Waals surface area contributed by atoms with E-state index < -0.39 is 22.6 Å². The van der Waals surface area contributed by atoms with Gasteiger partial charge in [0.1, 0.15) is 10.7 Å². The van der Waals surface area contributed by atoms with Gasteiger partial charge >= 0.3 is 0 Å². The van der Waals surface area contributed by atoms with Gasteiger partial charge in [-0.15, -0.1) is 11.3 Å². The fraction of sp³-hybridized carbons (Fsp3) is 0.536. The number of rotatable bonds is 8. The lowest BCUT2D eigenvalue weighted by atomic mass is 9.93. The average molecular weight is 605 g/mol. The van der Waals surface area contributed by atoms with Gasteiger partial charge in [0.15, 0.2) is 0 Å². The lowest BCUT2D eigenvalue weighted by Crippen LogP contribution is -2.40. The molecule has 2 N–H and O–H groups in total. The molecule has 2 saturated heterocycles. The van der Waals surface area contributed by atoms with Crippen molar-refractivity contribution in [3.05, 3.63) is 35.3 Å². The lowest BCUT2D eigenvalue weighted by Gasteiger charge is -2.35. The number of halogens is 2. The highest BCUT2D eigenvalue weighted by atomic mass is 32.2. The second-order valence-corrected chi connectivity index (χ2v) is 14.1. The van der Waals surface area contributed by atoms with Crippen molar-refractivity contribution >= 4 is 38.7 Å². The molecule has 3 aliphatic rings. The summed E-state index contributed by atoms with van der Waals surface area (Å²) in [6.07, 6.45) is 4.36. The highest BCUT2D eigenvalue weighted by Crippen LogP contribution is 2.54. The number of piperidine rings is 2. The maximum absolute atomic E-state index is 13.7. The van der Waals surface area contributed by atoms with Crippen molar-refractivity contribution in [2.75, 3.05) is 53.1 Å². The number of hydrogen-bond acceptors (Lipinski definition) is 9. The fourth-order valence-corrected chi connectivity index (χ4v) is 7.28. The van der Waals surface area contributed by atoms with Crippen molar-refractivity contribution in [3.8, 4) is 22.0 Å². The van der Waals surface area contributed by atoms with Crippen LogP contribution in [0.3, 0.4) is 0 Å². The van der Waals surface area contributed by atoms with E-state index in [1.54, 1.807) is 11.0 Å². The van der Waals surface area contributed by atoms with E-state index in [1.807, 2.05) is 30.5 Å². The molecule has 1 aromatic carbocycles. The summed E-state index contributed by atoms with van der Waals surface area (Å²) in [6.45, 7) is 3.59. The molecule has 1 aliphatic carbocycles. The summed E-state index contributed by atoms with van der Waals surface area (Å²) in [5.41, 5.74) is 4.88. The molecule has 220 valence electrons. The molecule has 2 aromatic heterocycles. The molecule has 13 heteroatoms. The Morgan fingerprint density at radius 1 is 0.951 bits per heavy atom. The molecule has 1 saturated carbocycles. The van der Waals surface area contributed by atoms with E-state index >= 15 is 0 Å². The predicted octanol–water partition coefficient (Wildman–Crippen LogP) is 4.93. The van der Waals surface area contributed by atoms with Gasteiger partial charge in [0.25, 0.3) is 5.92 Å². The first kappa shape index (κ1) is 28.2. The Morgan fingerprint density at radius 3 is 2.34 bits per heavy atom. The SMILES string of the molecule is Cc1cc(-c2nc(-c3ccc(NS(=O)(=O)CCO)cc3N3CCC4(CC3)CC4)cs2)nc(N2CCC(F)(F)CC2)n1. The number of aryl methyl sites for hydroxylation is 1.